The van der Waals surface area contributed by atoms with Gasteiger partial charge in [-0.15, -0.1) is 0 Å². The van der Waals surface area contributed by atoms with Crippen molar-refractivity contribution in [2.75, 3.05) is 13.3 Å². The van der Waals surface area contributed by atoms with E-state index in [1.165, 1.54) is 42.0 Å². The second kappa shape index (κ2) is 15.4. The van der Waals surface area contributed by atoms with Crippen molar-refractivity contribution in [3.8, 4) is 0 Å². The molecule has 2 atom stereocenters. The van der Waals surface area contributed by atoms with Crippen molar-refractivity contribution in [3.63, 3.8) is 0 Å². The third-order valence-corrected chi connectivity index (χ3v) is 7.27. The van der Waals surface area contributed by atoms with Crippen molar-refractivity contribution in [1.82, 2.24) is 9.97 Å². The molecule has 0 bridgehead atoms. The first-order valence-corrected chi connectivity index (χ1v) is 14.7. The number of hydrogen-bond acceptors (Lipinski definition) is 10. The summed E-state index contributed by atoms with van der Waals surface area (Å²) in [7, 11) is 0.104. The standard InChI is InChI=1S/2C10H6F3N3O2.C8H11P.Os/c2*11-10(12,13)9(8(17)18)5-7(15-16-9)6-3-1-2-4-14-6;1-9(2)8-6-4-3-5-7-8;/h2*1-5H,(H,17,18);3-7H,1-2H3;/q;;;+2/p-2. The monoisotopic (exact) mass is 842 g/mol. The van der Waals surface area contributed by atoms with Gasteiger partial charge in [-0.05, 0) is 55.1 Å². The Morgan fingerprint density at radius 1 is 0.652 bits per heavy atom. The molecule has 0 aliphatic carbocycles. The molecular weight excluding hydrogens is 820 g/mol. The van der Waals surface area contributed by atoms with Gasteiger partial charge in [0.15, 0.2) is 0 Å². The normalized spacial score (nSPS) is 19.9. The van der Waals surface area contributed by atoms with Crippen LogP contribution in [-0.2, 0) is 29.4 Å². The molecule has 242 valence electrons. The third kappa shape index (κ3) is 8.53. The number of aromatic nitrogens is 2. The van der Waals surface area contributed by atoms with E-state index in [4.69, 9.17) is 0 Å². The molecule has 46 heavy (non-hydrogen) atoms. The van der Waals surface area contributed by atoms with Gasteiger partial charge in [-0.3, -0.25) is 9.97 Å². The van der Waals surface area contributed by atoms with E-state index in [2.05, 4.69) is 74.1 Å². The first kappa shape index (κ1) is 38.0. The number of hydrogen-bond donors (Lipinski definition) is 0. The molecule has 0 amide bonds. The number of azo groups is 2. The third-order valence-electron chi connectivity index (χ3n) is 5.94. The number of carbonyl (C=O) groups is 2. The van der Waals surface area contributed by atoms with E-state index in [1.807, 2.05) is 0 Å². The maximum absolute atomic E-state index is 12.7. The minimum absolute atomic E-state index is 0. The molecule has 0 saturated heterocycles. The number of rotatable bonds is 5. The van der Waals surface area contributed by atoms with Crippen molar-refractivity contribution in [1.29, 1.82) is 0 Å². The van der Waals surface area contributed by atoms with Crippen LogP contribution in [0.5, 0.6) is 0 Å². The van der Waals surface area contributed by atoms with Gasteiger partial charge >= 0.3 is 32.1 Å². The number of alkyl halides is 6. The first-order chi connectivity index (χ1) is 21.0. The fourth-order valence-corrected chi connectivity index (χ4v) is 4.26. The molecule has 2 aliphatic heterocycles. The Hall–Kier alpha value is -4.21. The molecular formula is C28H21F6N6O4OsP. The summed E-state index contributed by atoms with van der Waals surface area (Å²) in [4.78, 5) is 28.9. The Bertz CT molecular complexity index is 1520. The van der Waals surface area contributed by atoms with Crippen LogP contribution in [0.25, 0.3) is 11.4 Å². The summed E-state index contributed by atoms with van der Waals surface area (Å²) in [6.45, 7) is 4.54. The van der Waals surface area contributed by atoms with Gasteiger partial charge in [0.2, 0.25) is 11.1 Å². The predicted molar refractivity (Wildman–Crippen MR) is 147 cm³/mol. The summed E-state index contributed by atoms with van der Waals surface area (Å²) in [6.07, 6.45) is -6.76. The van der Waals surface area contributed by atoms with E-state index in [0.29, 0.717) is 12.2 Å². The fourth-order valence-electron chi connectivity index (χ4n) is 3.49. The van der Waals surface area contributed by atoms with Crippen LogP contribution >= 0.6 is 7.92 Å². The van der Waals surface area contributed by atoms with E-state index in [-0.39, 0.29) is 50.5 Å². The van der Waals surface area contributed by atoms with Gasteiger partial charge in [-0.1, -0.05) is 50.4 Å². The molecule has 1 aromatic carbocycles. The molecule has 0 N–H and O–H groups in total. The Morgan fingerprint density at radius 3 is 1.26 bits per heavy atom. The zero-order valence-electron chi connectivity index (χ0n) is 23.5. The number of carbonyl (C=O) groups excluding carboxylic acids is 2. The minimum atomic E-state index is -5.12. The molecule has 3 aromatic rings. The molecule has 10 nitrogen and oxygen atoms in total. The first-order valence-electron chi connectivity index (χ1n) is 12.5. The Balaban J connectivity index is 0.000000251. The van der Waals surface area contributed by atoms with Crippen molar-refractivity contribution in [2.24, 2.45) is 20.5 Å². The number of aliphatic carboxylic acids is 2. The molecule has 4 heterocycles. The van der Waals surface area contributed by atoms with E-state index in [0.717, 1.165) is 0 Å². The summed E-state index contributed by atoms with van der Waals surface area (Å²) in [6, 6.07) is 19.6. The molecule has 18 heteroatoms. The number of nitrogens with zero attached hydrogens (tertiary/aromatic N) is 6. The van der Waals surface area contributed by atoms with Crippen LogP contribution in [0.2, 0.25) is 0 Å². The Morgan fingerprint density at radius 2 is 1.02 bits per heavy atom. The predicted octanol–water partition coefficient (Wildman–Crippen LogP) is 3.93. The topological polar surface area (TPSA) is 155 Å². The van der Waals surface area contributed by atoms with Crippen LogP contribution in [0.1, 0.15) is 11.4 Å². The average Bonchev–Trinajstić information content (AvgIpc) is 3.67. The largest absolute Gasteiger partial charge is 2.00 e. The molecule has 2 aromatic heterocycles. The van der Waals surface area contributed by atoms with Gasteiger partial charge in [0.1, 0.15) is 11.4 Å². The summed E-state index contributed by atoms with van der Waals surface area (Å²) in [5.41, 5.74) is -7.16. The van der Waals surface area contributed by atoms with E-state index < -0.39 is 35.4 Å². The van der Waals surface area contributed by atoms with Crippen LogP contribution in [0.3, 0.4) is 0 Å². The Labute approximate surface area is 271 Å². The van der Waals surface area contributed by atoms with Gasteiger partial charge in [0.25, 0.3) is 0 Å². The number of carboxylic acid groups (broad SMARTS) is 2. The Kier molecular flexibility index (Phi) is 12.7. The van der Waals surface area contributed by atoms with Gasteiger partial charge in [-0.2, -0.15) is 46.8 Å². The van der Waals surface area contributed by atoms with Gasteiger partial charge < -0.3 is 19.8 Å². The molecule has 5 rings (SSSR count). The smallest absolute Gasteiger partial charge is 0.547 e. The molecule has 0 spiro atoms. The summed E-state index contributed by atoms with van der Waals surface area (Å²) < 4.78 is 76.3. The van der Waals surface area contributed by atoms with Crippen LogP contribution in [-0.4, -0.2) is 58.7 Å². The summed E-state index contributed by atoms with van der Waals surface area (Å²) in [5, 5.41) is 34.9. The second-order valence-electron chi connectivity index (χ2n) is 9.22. The molecule has 0 saturated carbocycles. The van der Waals surface area contributed by atoms with Gasteiger partial charge in [0, 0.05) is 12.4 Å². The molecule has 2 aliphatic rings. The summed E-state index contributed by atoms with van der Waals surface area (Å²) in [5.74, 6) is -4.74. The van der Waals surface area contributed by atoms with E-state index in [1.54, 1.807) is 12.1 Å². The van der Waals surface area contributed by atoms with E-state index in [9.17, 15) is 46.1 Å². The van der Waals surface area contributed by atoms with E-state index >= 15 is 0 Å². The van der Waals surface area contributed by atoms with Crippen LogP contribution in [0.4, 0.5) is 26.3 Å². The van der Waals surface area contributed by atoms with Crippen LogP contribution < -0.4 is 15.5 Å². The zero-order chi connectivity index (χ0) is 33.5. The quantitative estimate of drug-likeness (QED) is 0.280. The van der Waals surface area contributed by atoms with Crippen LogP contribution in [0, 0.1) is 0 Å². The van der Waals surface area contributed by atoms with Crippen molar-refractivity contribution in [2.45, 2.75) is 23.4 Å². The van der Waals surface area contributed by atoms with Gasteiger partial charge in [-0.25, -0.2) is 0 Å². The SMILES string of the molecule is CP(C)c1ccccc1.O=C([O-])C1(C(F)(F)F)C=C(c2ccccn2)N=N1.O=C([O-])C1(C(F)(F)F)C=C(c2ccccn2)N=N1.[Os+2]. The fraction of sp³-hybridized carbons (Fsp3) is 0.214. The minimum Gasteiger partial charge on any atom is -0.547 e. The maximum atomic E-state index is 12.7. The van der Waals surface area contributed by atoms with Gasteiger partial charge in [0.05, 0.1) is 23.3 Å². The van der Waals surface area contributed by atoms with Crippen molar-refractivity contribution in [3.05, 3.63) is 103 Å². The number of benzene rings is 1. The molecule has 0 fully saturated rings. The van der Waals surface area contributed by atoms with Crippen molar-refractivity contribution >= 4 is 36.6 Å². The number of halogens is 6. The molecule has 0 radical (unpaired) electrons. The van der Waals surface area contributed by atoms with Crippen molar-refractivity contribution < 1.29 is 65.9 Å². The zero-order valence-corrected chi connectivity index (χ0v) is 27.0. The number of pyridine rings is 2. The van der Waals surface area contributed by atoms with Crippen LogP contribution in [0.15, 0.2) is 112 Å². The maximum Gasteiger partial charge on any atom is 2.00 e. The average molecular weight is 841 g/mol. The number of carboxylic acids is 2. The second-order valence-corrected chi connectivity index (χ2v) is 11.5. The molecule has 2 unspecified atom stereocenters. The summed E-state index contributed by atoms with van der Waals surface area (Å²) >= 11 is 0.